The number of furan rings is 1. The van der Waals surface area contributed by atoms with Gasteiger partial charge in [0.15, 0.2) is 6.10 Å². The fraction of sp³-hybridized carbons (Fsp3) is 0.154. The summed E-state index contributed by atoms with van der Waals surface area (Å²) in [7, 11) is 0. The van der Waals surface area contributed by atoms with Crippen molar-refractivity contribution < 1.29 is 13.9 Å². The maximum Gasteiger partial charge on any atom is 0.339 e. The minimum Gasteiger partial charge on any atom is -0.462 e. The second kappa shape index (κ2) is 3.64. The number of ether oxygens (including phenoxy) is 1. The molecule has 0 aliphatic carbocycles. The van der Waals surface area contributed by atoms with Crippen LogP contribution in [0.25, 0.3) is 0 Å². The molecule has 3 nitrogen and oxygen atoms in total. The second-order valence-electron chi connectivity index (χ2n) is 3.97. The maximum absolute atomic E-state index is 11.7. The summed E-state index contributed by atoms with van der Waals surface area (Å²) in [6.45, 7) is 1.85. The Morgan fingerprint density at radius 1 is 1.24 bits per heavy atom. The van der Waals surface area contributed by atoms with Gasteiger partial charge in [0.25, 0.3) is 0 Å². The molecule has 0 spiro atoms. The van der Waals surface area contributed by atoms with Crippen LogP contribution >= 0.6 is 11.6 Å². The van der Waals surface area contributed by atoms with Gasteiger partial charge in [0.2, 0.25) is 0 Å². The van der Waals surface area contributed by atoms with Crippen LogP contribution in [0, 0.1) is 6.92 Å². The van der Waals surface area contributed by atoms with Crippen LogP contribution in [0.4, 0.5) is 0 Å². The molecule has 2 heterocycles. The molecule has 17 heavy (non-hydrogen) atoms. The van der Waals surface area contributed by atoms with Gasteiger partial charge < -0.3 is 9.15 Å². The Morgan fingerprint density at radius 3 is 2.76 bits per heavy atom. The molecule has 2 aromatic rings. The summed E-state index contributed by atoms with van der Waals surface area (Å²) < 4.78 is 10.8. The van der Waals surface area contributed by atoms with Crippen LogP contribution in [0.5, 0.6) is 0 Å². The first kappa shape index (κ1) is 10.4. The first-order chi connectivity index (χ1) is 8.15. The zero-order valence-corrected chi connectivity index (χ0v) is 9.82. The van der Waals surface area contributed by atoms with Crippen molar-refractivity contribution in [1.82, 2.24) is 0 Å². The molecule has 1 aliphatic heterocycles. The largest absolute Gasteiger partial charge is 0.462 e. The van der Waals surface area contributed by atoms with E-state index in [-0.39, 0.29) is 5.97 Å². The van der Waals surface area contributed by atoms with Crippen molar-refractivity contribution in [3.8, 4) is 0 Å². The highest BCUT2D eigenvalue weighted by Crippen LogP contribution is 2.37. The highest BCUT2D eigenvalue weighted by molar-refractivity contribution is 6.31. The summed E-state index contributed by atoms with van der Waals surface area (Å²) >= 11 is 5.86. The number of carbonyl (C=O) groups excluding carboxylic acids is 1. The van der Waals surface area contributed by atoms with E-state index >= 15 is 0 Å². The molecule has 0 saturated heterocycles. The number of esters is 1. The molecule has 86 valence electrons. The third-order valence-corrected chi connectivity index (χ3v) is 3.00. The molecule has 1 aromatic carbocycles. The molecule has 0 fully saturated rings. The third kappa shape index (κ3) is 1.63. The summed E-state index contributed by atoms with van der Waals surface area (Å²) in [5, 5.41) is 0.525. The van der Waals surface area contributed by atoms with Crippen molar-refractivity contribution >= 4 is 17.6 Å². The van der Waals surface area contributed by atoms with E-state index in [9.17, 15) is 4.79 Å². The molecule has 1 unspecified atom stereocenters. The van der Waals surface area contributed by atoms with Crippen molar-refractivity contribution in [3.63, 3.8) is 0 Å². The standard InChI is InChI=1S/C13H9ClO3/c1-7-2-5-11(16-7)12-9-4-3-8(14)6-10(9)13(15)17-12/h2-6,12H,1H3. The highest BCUT2D eigenvalue weighted by Gasteiger charge is 2.34. The van der Waals surface area contributed by atoms with Gasteiger partial charge in [-0.1, -0.05) is 17.7 Å². The average molecular weight is 249 g/mol. The van der Waals surface area contributed by atoms with Crippen LogP contribution in [-0.4, -0.2) is 5.97 Å². The number of carbonyl (C=O) groups is 1. The van der Waals surface area contributed by atoms with E-state index in [4.69, 9.17) is 20.8 Å². The number of cyclic esters (lactones) is 1. The van der Waals surface area contributed by atoms with Gasteiger partial charge in [-0.05, 0) is 31.2 Å². The van der Waals surface area contributed by atoms with Gasteiger partial charge >= 0.3 is 5.97 Å². The van der Waals surface area contributed by atoms with Crippen molar-refractivity contribution in [2.24, 2.45) is 0 Å². The molecule has 1 aromatic heterocycles. The van der Waals surface area contributed by atoms with E-state index in [2.05, 4.69) is 0 Å². The Balaban J connectivity index is 2.10. The lowest BCUT2D eigenvalue weighted by Crippen LogP contribution is -1.98. The summed E-state index contributed by atoms with van der Waals surface area (Å²) in [5.41, 5.74) is 1.31. The van der Waals surface area contributed by atoms with E-state index < -0.39 is 6.10 Å². The van der Waals surface area contributed by atoms with Crippen LogP contribution in [0.1, 0.15) is 33.5 Å². The van der Waals surface area contributed by atoms with Gasteiger partial charge in [0.05, 0.1) is 5.56 Å². The zero-order chi connectivity index (χ0) is 12.0. The van der Waals surface area contributed by atoms with E-state index in [1.165, 1.54) is 0 Å². The van der Waals surface area contributed by atoms with E-state index in [0.29, 0.717) is 16.3 Å². The fourth-order valence-electron chi connectivity index (χ4n) is 1.97. The first-order valence-electron chi connectivity index (χ1n) is 5.22. The minimum absolute atomic E-state index is 0.360. The average Bonchev–Trinajstić information content (AvgIpc) is 2.84. The zero-order valence-electron chi connectivity index (χ0n) is 9.07. The molecule has 3 rings (SSSR count). The Labute approximate surface area is 103 Å². The normalized spacial score (nSPS) is 18.0. The summed E-state index contributed by atoms with van der Waals surface area (Å²) in [4.78, 5) is 11.7. The molecule has 4 heteroatoms. The molecule has 1 atom stereocenters. The predicted octanol–water partition coefficient (Wildman–Crippen LogP) is 3.50. The monoisotopic (exact) mass is 248 g/mol. The van der Waals surface area contributed by atoms with Gasteiger partial charge in [-0.2, -0.15) is 0 Å². The lowest BCUT2D eigenvalue weighted by atomic mass is 10.0. The first-order valence-corrected chi connectivity index (χ1v) is 5.60. The van der Waals surface area contributed by atoms with Gasteiger partial charge in [-0.15, -0.1) is 0 Å². The fourth-order valence-corrected chi connectivity index (χ4v) is 2.15. The predicted molar refractivity (Wildman–Crippen MR) is 62.2 cm³/mol. The van der Waals surface area contributed by atoms with Gasteiger partial charge in [-0.25, -0.2) is 4.79 Å². The van der Waals surface area contributed by atoms with E-state index in [1.807, 2.05) is 19.1 Å². The number of hydrogen-bond donors (Lipinski definition) is 0. The van der Waals surface area contributed by atoms with Crippen molar-refractivity contribution in [1.29, 1.82) is 0 Å². The molecule has 0 amide bonds. The number of halogens is 1. The number of benzene rings is 1. The number of hydrogen-bond acceptors (Lipinski definition) is 3. The smallest absolute Gasteiger partial charge is 0.339 e. The summed E-state index contributed by atoms with van der Waals surface area (Å²) in [6, 6.07) is 8.82. The number of fused-ring (bicyclic) bond motifs is 1. The van der Waals surface area contributed by atoms with Crippen molar-refractivity contribution in [2.75, 3.05) is 0 Å². The molecule has 0 bridgehead atoms. The number of aryl methyl sites for hydroxylation is 1. The summed E-state index contributed by atoms with van der Waals surface area (Å²) in [6.07, 6.45) is -0.455. The Bertz CT molecular complexity index is 600. The Hall–Kier alpha value is -1.74. The van der Waals surface area contributed by atoms with Crippen LogP contribution < -0.4 is 0 Å². The van der Waals surface area contributed by atoms with Gasteiger partial charge in [0, 0.05) is 10.6 Å². The van der Waals surface area contributed by atoms with Crippen molar-refractivity contribution in [3.05, 3.63) is 58.0 Å². The van der Waals surface area contributed by atoms with Crippen LogP contribution in [0.2, 0.25) is 5.02 Å². The second-order valence-corrected chi connectivity index (χ2v) is 4.40. The van der Waals surface area contributed by atoms with Gasteiger partial charge in [-0.3, -0.25) is 0 Å². The number of rotatable bonds is 1. The van der Waals surface area contributed by atoms with Crippen LogP contribution in [0.3, 0.4) is 0 Å². The van der Waals surface area contributed by atoms with Crippen molar-refractivity contribution in [2.45, 2.75) is 13.0 Å². The minimum atomic E-state index is -0.455. The van der Waals surface area contributed by atoms with Gasteiger partial charge in [0.1, 0.15) is 11.5 Å². The summed E-state index contributed by atoms with van der Waals surface area (Å²) in [5.74, 6) is 1.07. The van der Waals surface area contributed by atoms with Crippen LogP contribution in [-0.2, 0) is 4.74 Å². The molecule has 1 aliphatic rings. The van der Waals surface area contributed by atoms with E-state index in [1.54, 1.807) is 18.2 Å². The highest BCUT2D eigenvalue weighted by atomic mass is 35.5. The molecule has 0 N–H and O–H groups in total. The maximum atomic E-state index is 11.7. The SMILES string of the molecule is Cc1ccc(C2OC(=O)c3cc(Cl)ccc32)o1. The molecular formula is C13H9ClO3. The quantitative estimate of drug-likeness (QED) is 0.725. The Morgan fingerprint density at radius 2 is 2.06 bits per heavy atom. The van der Waals surface area contributed by atoms with Crippen LogP contribution in [0.15, 0.2) is 34.7 Å². The topological polar surface area (TPSA) is 39.4 Å². The molecular weight excluding hydrogens is 240 g/mol. The molecule has 0 radical (unpaired) electrons. The molecule has 0 saturated carbocycles. The van der Waals surface area contributed by atoms with E-state index in [0.717, 1.165) is 11.3 Å². The third-order valence-electron chi connectivity index (χ3n) is 2.76. The lowest BCUT2D eigenvalue weighted by Gasteiger charge is -2.06. The Kier molecular flexibility index (Phi) is 2.23. The lowest BCUT2D eigenvalue weighted by molar-refractivity contribution is 0.0419.